The van der Waals surface area contributed by atoms with Gasteiger partial charge in [0.2, 0.25) is 5.88 Å². The van der Waals surface area contributed by atoms with E-state index in [-0.39, 0.29) is 10.8 Å². The predicted molar refractivity (Wildman–Crippen MR) is 45.9 cm³/mol. The fraction of sp³-hybridized carbons (Fsp3) is 0.286. The molecule has 1 heterocycles. The lowest BCUT2D eigenvalue weighted by Gasteiger charge is -1.84. The summed E-state index contributed by atoms with van der Waals surface area (Å²) in [5.74, 6) is -0.0373. The molecule has 0 unspecified atom stereocenters. The zero-order chi connectivity index (χ0) is 8.27. The second kappa shape index (κ2) is 3.39. The predicted octanol–water partition coefficient (Wildman–Crippen LogP) is 1.57. The highest BCUT2D eigenvalue weighted by atomic mass is 32.1. The maximum absolute atomic E-state index is 10.6. The average Bonchev–Trinajstić information content (AvgIpc) is 2.26. The number of aromatic amines is 1. The van der Waals surface area contributed by atoms with Crippen LogP contribution in [-0.2, 0) is 0 Å². The summed E-state index contributed by atoms with van der Waals surface area (Å²) in [5, 5.41) is 9.06. The van der Waals surface area contributed by atoms with Crippen LogP contribution in [0.3, 0.4) is 0 Å². The summed E-state index contributed by atoms with van der Waals surface area (Å²) in [4.78, 5) is 13.3. The van der Waals surface area contributed by atoms with Gasteiger partial charge >= 0.3 is 4.87 Å². The van der Waals surface area contributed by atoms with Crippen molar-refractivity contribution in [1.82, 2.24) is 4.98 Å². The molecule has 0 aliphatic rings. The summed E-state index contributed by atoms with van der Waals surface area (Å²) in [7, 11) is 0. The van der Waals surface area contributed by atoms with Crippen molar-refractivity contribution >= 4 is 17.4 Å². The van der Waals surface area contributed by atoms with E-state index in [0.29, 0.717) is 4.88 Å². The first-order chi connectivity index (χ1) is 5.24. The molecule has 0 fully saturated rings. The topological polar surface area (TPSA) is 53.1 Å². The van der Waals surface area contributed by atoms with E-state index in [2.05, 4.69) is 4.98 Å². The molecular weight excluding hydrogens is 162 g/mol. The van der Waals surface area contributed by atoms with Gasteiger partial charge in [-0.3, -0.25) is 9.78 Å². The average molecular weight is 171 g/mol. The van der Waals surface area contributed by atoms with Crippen LogP contribution in [0.4, 0.5) is 0 Å². The molecule has 60 valence electrons. The van der Waals surface area contributed by atoms with Crippen molar-refractivity contribution in [3.8, 4) is 5.88 Å². The number of thiazole rings is 1. The summed E-state index contributed by atoms with van der Waals surface area (Å²) in [6.07, 6.45) is 4.52. The van der Waals surface area contributed by atoms with Gasteiger partial charge in [-0.05, 0) is 12.5 Å². The molecular formula is C7H9NO2S. The maximum Gasteiger partial charge on any atom is 0.307 e. The summed E-state index contributed by atoms with van der Waals surface area (Å²) < 4.78 is 0. The van der Waals surface area contributed by atoms with Gasteiger partial charge in [0, 0.05) is 0 Å². The molecule has 0 saturated heterocycles. The minimum absolute atomic E-state index is 0.0373. The normalized spacial score (nSPS) is 11.0. The Morgan fingerprint density at radius 2 is 2.45 bits per heavy atom. The van der Waals surface area contributed by atoms with Gasteiger partial charge in [-0.25, -0.2) is 0 Å². The molecule has 0 atom stereocenters. The van der Waals surface area contributed by atoms with Crippen molar-refractivity contribution in [2.45, 2.75) is 13.3 Å². The maximum atomic E-state index is 10.6. The third-order valence-electron chi connectivity index (χ3n) is 1.16. The zero-order valence-corrected chi connectivity index (χ0v) is 6.94. The van der Waals surface area contributed by atoms with Gasteiger partial charge in [0.1, 0.15) is 0 Å². The highest BCUT2D eigenvalue weighted by Crippen LogP contribution is 2.17. The smallest absolute Gasteiger partial charge is 0.307 e. The molecule has 3 nitrogen and oxygen atoms in total. The third kappa shape index (κ3) is 1.94. The van der Waals surface area contributed by atoms with Gasteiger partial charge in [-0.1, -0.05) is 24.3 Å². The molecule has 0 aliphatic carbocycles. The minimum atomic E-state index is -0.224. The number of aromatic nitrogens is 1. The molecule has 0 aliphatic heterocycles. The summed E-state index contributed by atoms with van der Waals surface area (Å²) in [6.45, 7) is 1.99. The van der Waals surface area contributed by atoms with Crippen LogP contribution >= 0.6 is 11.3 Å². The lowest BCUT2D eigenvalue weighted by Crippen LogP contribution is -1.89. The second-order valence-electron chi connectivity index (χ2n) is 2.04. The highest BCUT2D eigenvalue weighted by Gasteiger charge is 2.00. The summed E-state index contributed by atoms with van der Waals surface area (Å²) in [5.41, 5.74) is 0. The van der Waals surface area contributed by atoms with Gasteiger partial charge in [0.15, 0.2) is 0 Å². The molecule has 11 heavy (non-hydrogen) atoms. The molecule has 4 heteroatoms. The number of allylic oxidation sites excluding steroid dienone is 1. The first-order valence-electron chi connectivity index (χ1n) is 3.32. The van der Waals surface area contributed by atoms with Crippen LogP contribution in [0.1, 0.15) is 18.2 Å². The Kier molecular flexibility index (Phi) is 2.48. The lowest BCUT2D eigenvalue weighted by molar-refractivity contribution is 0.455. The van der Waals surface area contributed by atoms with E-state index in [9.17, 15) is 4.79 Å². The van der Waals surface area contributed by atoms with Crippen molar-refractivity contribution in [3.63, 3.8) is 0 Å². The minimum Gasteiger partial charge on any atom is -0.493 e. The number of nitrogens with one attached hydrogen (secondary N) is 1. The molecule has 2 N–H and O–H groups in total. The summed E-state index contributed by atoms with van der Waals surface area (Å²) in [6, 6.07) is 0. The van der Waals surface area contributed by atoms with Crippen LogP contribution in [0.5, 0.6) is 5.88 Å². The van der Waals surface area contributed by atoms with Crippen LogP contribution in [-0.4, -0.2) is 10.1 Å². The van der Waals surface area contributed by atoms with E-state index in [1.54, 1.807) is 6.08 Å². The molecule has 0 saturated carbocycles. The van der Waals surface area contributed by atoms with Crippen LogP contribution < -0.4 is 4.87 Å². The zero-order valence-electron chi connectivity index (χ0n) is 6.13. The Morgan fingerprint density at radius 1 is 1.73 bits per heavy atom. The monoisotopic (exact) mass is 171 g/mol. The quantitative estimate of drug-likeness (QED) is 0.709. The van der Waals surface area contributed by atoms with Crippen LogP contribution in [0.2, 0.25) is 0 Å². The van der Waals surface area contributed by atoms with Crippen molar-refractivity contribution < 1.29 is 5.11 Å². The van der Waals surface area contributed by atoms with E-state index in [4.69, 9.17) is 5.11 Å². The molecule has 1 rings (SSSR count). The van der Waals surface area contributed by atoms with Gasteiger partial charge in [-0.2, -0.15) is 0 Å². The number of rotatable bonds is 2. The Morgan fingerprint density at radius 3 is 2.91 bits per heavy atom. The van der Waals surface area contributed by atoms with E-state index in [0.717, 1.165) is 17.8 Å². The van der Waals surface area contributed by atoms with Crippen molar-refractivity contribution in [3.05, 3.63) is 20.6 Å². The lowest BCUT2D eigenvalue weighted by atomic mass is 10.4. The molecule has 1 aromatic rings. The number of hydrogen-bond donors (Lipinski definition) is 2. The van der Waals surface area contributed by atoms with E-state index in [1.807, 2.05) is 13.0 Å². The number of H-pyrrole nitrogens is 1. The molecule has 0 aromatic carbocycles. The number of hydrogen-bond acceptors (Lipinski definition) is 3. The largest absolute Gasteiger partial charge is 0.493 e. The Balaban J connectivity index is 2.94. The van der Waals surface area contributed by atoms with Crippen LogP contribution in [0, 0.1) is 0 Å². The van der Waals surface area contributed by atoms with Crippen molar-refractivity contribution in [2.75, 3.05) is 0 Å². The fourth-order valence-corrected chi connectivity index (χ4v) is 1.33. The third-order valence-corrected chi connectivity index (χ3v) is 2.00. The van der Waals surface area contributed by atoms with Crippen LogP contribution in [0.25, 0.3) is 6.08 Å². The van der Waals surface area contributed by atoms with Gasteiger partial charge < -0.3 is 5.11 Å². The fourth-order valence-electron chi connectivity index (χ4n) is 0.670. The van der Waals surface area contributed by atoms with E-state index >= 15 is 0 Å². The number of aromatic hydroxyl groups is 1. The van der Waals surface area contributed by atoms with Gasteiger partial charge in [0.05, 0.1) is 4.88 Å². The first-order valence-corrected chi connectivity index (χ1v) is 4.14. The second-order valence-corrected chi connectivity index (χ2v) is 3.05. The molecule has 1 aromatic heterocycles. The summed E-state index contributed by atoms with van der Waals surface area (Å²) >= 11 is 1.01. The molecule has 0 bridgehead atoms. The molecule has 0 spiro atoms. The van der Waals surface area contributed by atoms with Crippen molar-refractivity contribution in [2.24, 2.45) is 0 Å². The van der Waals surface area contributed by atoms with E-state index in [1.165, 1.54) is 0 Å². The first kappa shape index (κ1) is 8.07. The Bertz CT molecular complexity index is 310. The SMILES string of the molecule is CC/C=C\c1sc(=O)[nH]c1O. The van der Waals surface area contributed by atoms with Gasteiger partial charge in [-0.15, -0.1) is 0 Å². The van der Waals surface area contributed by atoms with Crippen molar-refractivity contribution in [1.29, 1.82) is 0 Å². The Labute approximate surface area is 68.0 Å². The molecule has 0 amide bonds. The molecule has 0 radical (unpaired) electrons. The standard InChI is InChI=1S/C7H9NO2S/c1-2-3-4-5-6(9)8-7(10)11-5/h3-4,9H,2H2,1H3,(H,8,10)/b4-3-. The van der Waals surface area contributed by atoms with E-state index < -0.39 is 0 Å². The highest BCUT2D eigenvalue weighted by molar-refractivity contribution is 7.10. The van der Waals surface area contributed by atoms with Gasteiger partial charge in [0.25, 0.3) is 0 Å². The Hall–Kier alpha value is -1.03. The van der Waals surface area contributed by atoms with Crippen LogP contribution in [0.15, 0.2) is 10.9 Å².